The minimum atomic E-state index is -0.331. The summed E-state index contributed by atoms with van der Waals surface area (Å²) in [6.45, 7) is 2.22. The molecule has 1 aromatic heterocycles. The molecule has 2 heterocycles. The van der Waals surface area contributed by atoms with Crippen LogP contribution in [0.2, 0.25) is 0 Å². The van der Waals surface area contributed by atoms with Crippen LogP contribution in [0.4, 0.5) is 23.0 Å². The number of benzene rings is 2. The molecule has 30 heavy (non-hydrogen) atoms. The van der Waals surface area contributed by atoms with Crippen molar-refractivity contribution >= 4 is 28.9 Å². The molecular weight excluding hydrogens is 376 g/mol. The normalized spacial score (nSPS) is 13.4. The van der Waals surface area contributed by atoms with Gasteiger partial charge in [0, 0.05) is 42.5 Å². The molecule has 1 saturated heterocycles. The molecule has 0 atom stereocenters. The Morgan fingerprint density at radius 1 is 0.967 bits per heavy atom. The van der Waals surface area contributed by atoms with Crippen molar-refractivity contribution in [3.8, 4) is 6.07 Å². The van der Waals surface area contributed by atoms with E-state index in [4.69, 9.17) is 5.26 Å². The predicted molar refractivity (Wildman–Crippen MR) is 117 cm³/mol. The van der Waals surface area contributed by atoms with Gasteiger partial charge >= 0.3 is 0 Å². The number of nitrogens with zero attached hydrogens (tertiary/aromatic N) is 4. The predicted octanol–water partition coefficient (Wildman–Crippen LogP) is 4.33. The van der Waals surface area contributed by atoms with Gasteiger partial charge in [-0.2, -0.15) is 5.26 Å². The summed E-state index contributed by atoms with van der Waals surface area (Å²) < 4.78 is 0. The lowest BCUT2D eigenvalue weighted by Gasteiger charge is -2.28. The van der Waals surface area contributed by atoms with Gasteiger partial charge in [0.25, 0.3) is 5.91 Å². The number of carbonyl (C=O) groups excluding carboxylic acids is 1. The van der Waals surface area contributed by atoms with E-state index in [2.05, 4.69) is 37.6 Å². The van der Waals surface area contributed by atoms with Crippen LogP contribution >= 0.6 is 0 Å². The lowest BCUT2D eigenvalue weighted by molar-refractivity contribution is 0.102. The van der Waals surface area contributed by atoms with Gasteiger partial charge in [0.15, 0.2) is 0 Å². The second-order valence-corrected chi connectivity index (χ2v) is 7.16. The molecule has 1 aliphatic heterocycles. The fourth-order valence-electron chi connectivity index (χ4n) is 3.42. The van der Waals surface area contributed by atoms with Gasteiger partial charge in [-0.25, -0.2) is 9.97 Å². The van der Waals surface area contributed by atoms with Crippen molar-refractivity contribution in [1.29, 1.82) is 5.26 Å². The molecular formula is C23H22N6O. The average Bonchev–Trinajstić information content (AvgIpc) is 2.81. The quantitative estimate of drug-likeness (QED) is 0.664. The van der Waals surface area contributed by atoms with Crippen LogP contribution < -0.4 is 15.5 Å². The monoisotopic (exact) mass is 398 g/mol. The lowest BCUT2D eigenvalue weighted by atomic mass is 10.1. The van der Waals surface area contributed by atoms with Crippen LogP contribution in [0.3, 0.4) is 0 Å². The molecule has 150 valence electrons. The van der Waals surface area contributed by atoms with Crippen molar-refractivity contribution in [1.82, 2.24) is 9.97 Å². The Labute approximate surface area is 175 Å². The minimum absolute atomic E-state index is 0.331. The lowest BCUT2D eigenvalue weighted by Crippen LogP contribution is -2.29. The van der Waals surface area contributed by atoms with Crippen LogP contribution in [0.25, 0.3) is 0 Å². The van der Waals surface area contributed by atoms with Gasteiger partial charge in [0.05, 0.1) is 17.2 Å². The second-order valence-electron chi connectivity index (χ2n) is 7.16. The van der Waals surface area contributed by atoms with Crippen molar-refractivity contribution < 1.29 is 4.79 Å². The summed E-state index contributed by atoms with van der Waals surface area (Å²) in [5, 5.41) is 14.9. The van der Waals surface area contributed by atoms with E-state index in [9.17, 15) is 4.79 Å². The highest BCUT2D eigenvalue weighted by Crippen LogP contribution is 2.23. The summed E-state index contributed by atoms with van der Waals surface area (Å²) >= 11 is 0. The first-order chi connectivity index (χ1) is 14.7. The fourth-order valence-corrected chi connectivity index (χ4v) is 3.42. The van der Waals surface area contributed by atoms with Crippen LogP contribution in [0.1, 0.15) is 35.2 Å². The van der Waals surface area contributed by atoms with Gasteiger partial charge in [-0.15, -0.1) is 0 Å². The summed E-state index contributed by atoms with van der Waals surface area (Å²) in [6, 6.07) is 17.0. The highest BCUT2D eigenvalue weighted by Gasteiger charge is 2.11. The molecule has 0 bridgehead atoms. The second kappa shape index (κ2) is 9.05. The zero-order valence-electron chi connectivity index (χ0n) is 16.5. The van der Waals surface area contributed by atoms with Crippen LogP contribution in [0.5, 0.6) is 0 Å². The first kappa shape index (κ1) is 19.4. The molecule has 1 fully saturated rings. The third kappa shape index (κ3) is 4.73. The maximum atomic E-state index is 12.4. The Bertz CT molecular complexity index is 1050. The molecule has 2 N–H and O–H groups in total. The standard InChI is InChI=1S/C23H22N6O/c24-14-17-5-4-6-20(13-17)27-22(30)18-15-25-23(26-16-18)28-19-7-9-21(10-8-19)29-11-2-1-3-12-29/h4-10,13,15-16H,1-3,11-12H2,(H,27,30)(H,25,26,28). The van der Waals surface area contributed by atoms with Gasteiger partial charge in [-0.05, 0) is 61.7 Å². The Morgan fingerprint density at radius 2 is 1.70 bits per heavy atom. The number of amides is 1. The molecule has 2 aromatic carbocycles. The van der Waals surface area contributed by atoms with Crippen LogP contribution in [-0.2, 0) is 0 Å². The minimum Gasteiger partial charge on any atom is -0.372 e. The molecule has 7 heteroatoms. The smallest absolute Gasteiger partial charge is 0.258 e. The van der Waals surface area contributed by atoms with Gasteiger partial charge in [0.2, 0.25) is 5.95 Å². The Kier molecular flexibility index (Phi) is 5.85. The maximum absolute atomic E-state index is 12.4. The van der Waals surface area contributed by atoms with E-state index in [-0.39, 0.29) is 5.91 Å². The fraction of sp³-hybridized carbons (Fsp3) is 0.217. The summed E-state index contributed by atoms with van der Waals surface area (Å²) in [6.07, 6.45) is 6.75. The van der Waals surface area contributed by atoms with Gasteiger partial charge in [-0.1, -0.05) is 6.07 Å². The Hall–Kier alpha value is -3.92. The zero-order valence-corrected chi connectivity index (χ0v) is 16.5. The number of hydrogen-bond acceptors (Lipinski definition) is 6. The number of piperidine rings is 1. The molecule has 0 spiro atoms. The molecule has 0 saturated carbocycles. The Morgan fingerprint density at radius 3 is 2.40 bits per heavy atom. The van der Waals surface area contributed by atoms with Gasteiger partial charge in [-0.3, -0.25) is 4.79 Å². The highest BCUT2D eigenvalue weighted by molar-refractivity contribution is 6.04. The van der Waals surface area contributed by atoms with Crippen molar-refractivity contribution in [3.05, 3.63) is 72.1 Å². The van der Waals surface area contributed by atoms with Crippen LogP contribution in [0, 0.1) is 11.3 Å². The third-order valence-electron chi connectivity index (χ3n) is 5.01. The Balaban J connectivity index is 1.37. The number of nitrogens with one attached hydrogen (secondary N) is 2. The van der Waals surface area contributed by atoms with E-state index in [1.165, 1.54) is 37.3 Å². The van der Waals surface area contributed by atoms with Crippen LogP contribution in [0.15, 0.2) is 60.9 Å². The first-order valence-electron chi connectivity index (χ1n) is 9.97. The van der Waals surface area contributed by atoms with E-state index in [0.717, 1.165) is 18.8 Å². The molecule has 3 aromatic rings. The van der Waals surface area contributed by atoms with E-state index in [1.54, 1.807) is 24.3 Å². The summed E-state index contributed by atoms with van der Waals surface area (Å²) in [7, 11) is 0. The molecule has 4 rings (SSSR count). The summed E-state index contributed by atoms with van der Waals surface area (Å²) in [4.78, 5) is 23.3. The summed E-state index contributed by atoms with van der Waals surface area (Å²) in [5.41, 5.74) is 3.49. The zero-order chi connectivity index (χ0) is 20.8. The van der Waals surface area contributed by atoms with Crippen molar-refractivity contribution in [3.63, 3.8) is 0 Å². The molecule has 7 nitrogen and oxygen atoms in total. The average molecular weight is 398 g/mol. The van der Waals surface area contributed by atoms with E-state index < -0.39 is 0 Å². The van der Waals surface area contributed by atoms with Gasteiger partial charge < -0.3 is 15.5 Å². The molecule has 1 amide bonds. The van der Waals surface area contributed by atoms with Crippen molar-refractivity contribution in [2.24, 2.45) is 0 Å². The van der Waals surface area contributed by atoms with E-state index >= 15 is 0 Å². The van der Waals surface area contributed by atoms with Crippen molar-refractivity contribution in [2.45, 2.75) is 19.3 Å². The van der Waals surface area contributed by atoms with E-state index in [0.29, 0.717) is 22.8 Å². The van der Waals surface area contributed by atoms with Crippen LogP contribution in [-0.4, -0.2) is 29.0 Å². The largest absolute Gasteiger partial charge is 0.372 e. The first-order valence-corrected chi connectivity index (χ1v) is 9.97. The molecule has 0 unspecified atom stereocenters. The number of carbonyl (C=O) groups is 1. The number of anilines is 4. The summed E-state index contributed by atoms with van der Waals surface area (Å²) in [5.74, 6) is 0.0891. The van der Waals surface area contributed by atoms with Gasteiger partial charge in [0.1, 0.15) is 0 Å². The number of aromatic nitrogens is 2. The van der Waals surface area contributed by atoms with E-state index in [1.807, 2.05) is 18.2 Å². The maximum Gasteiger partial charge on any atom is 0.258 e. The topological polar surface area (TPSA) is 93.9 Å². The molecule has 1 aliphatic rings. The number of rotatable bonds is 5. The van der Waals surface area contributed by atoms with Crippen molar-refractivity contribution in [2.75, 3.05) is 28.6 Å². The molecule has 0 aliphatic carbocycles. The number of hydrogen-bond donors (Lipinski definition) is 2. The SMILES string of the molecule is N#Cc1cccc(NC(=O)c2cnc(Nc3ccc(N4CCCCC4)cc3)nc2)c1. The number of nitriles is 1. The highest BCUT2D eigenvalue weighted by atomic mass is 16.1. The third-order valence-corrected chi connectivity index (χ3v) is 5.01. The molecule has 0 radical (unpaired) electrons.